The van der Waals surface area contributed by atoms with Gasteiger partial charge in [-0.2, -0.15) is 0 Å². The van der Waals surface area contributed by atoms with Crippen LogP contribution in [0.3, 0.4) is 0 Å². The zero-order valence-corrected chi connectivity index (χ0v) is 16.6. The molecular formula is C19H20BrN3OS. The maximum absolute atomic E-state index is 12.7. The number of thiophene rings is 1. The van der Waals surface area contributed by atoms with Crippen LogP contribution in [0.2, 0.25) is 0 Å². The third kappa shape index (κ3) is 3.25. The van der Waals surface area contributed by atoms with E-state index in [1.807, 2.05) is 31.2 Å². The molecule has 1 aliphatic carbocycles. The highest BCUT2D eigenvalue weighted by Gasteiger charge is 2.23. The molecule has 0 spiro atoms. The molecule has 2 heterocycles. The fourth-order valence-electron chi connectivity index (χ4n) is 3.44. The van der Waals surface area contributed by atoms with Gasteiger partial charge in [0.05, 0.1) is 11.4 Å². The van der Waals surface area contributed by atoms with Gasteiger partial charge in [-0.05, 0) is 61.9 Å². The number of nitrogens with one attached hydrogen (secondary N) is 2. The van der Waals surface area contributed by atoms with E-state index >= 15 is 0 Å². The van der Waals surface area contributed by atoms with Crippen LogP contribution in [0, 0.1) is 5.92 Å². The average Bonchev–Trinajstić information content (AvgIpc) is 2.94. The molecule has 25 heavy (non-hydrogen) atoms. The number of aromatic nitrogens is 2. The smallest absolute Gasteiger partial charge is 0.259 e. The van der Waals surface area contributed by atoms with Crippen molar-refractivity contribution in [3.63, 3.8) is 0 Å². The molecule has 0 aliphatic heterocycles. The molecule has 0 saturated heterocycles. The molecule has 0 unspecified atom stereocenters. The van der Waals surface area contributed by atoms with Crippen LogP contribution in [-0.4, -0.2) is 9.97 Å². The second kappa shape index (κ2) is 6.57. The molecular weight excluding hydrogens is 398 g/mol. The number of fused-ring (bicyclic) bond motifs is 3. The second-order valence-electron chi connectivity index (χ2n) is 6.86. The van der Waals surface area contributed by atoms with Gasteiger partial charge < -0.3 is 10.3 Å². The maximum Gasteiger partial charge on any atom is 0.259 e. The number of rotatable bonds is 3. The Hall–Kier alpha value is -1.66. The summed E-state index contributed by atoms with van der Waals surface area (Å²) in [5.74, 6) is 1.38. The van der Waals surface area contributed by atoms with Crippen molar-refractivity contribution in [2.45, 2.75) is 39.2 Å². The second-order valence-corrected chi connectivity index (χ2v) is 8.86. The first kappa shape index (κ1) is 16.8. The minimum atomic E-state index is -0.0728. The summed E-state index contributed by atoms with van der Waals surface area (Å²) in [5.41, 5.74) is 2.22. The molecule has 130 valence electrons. The molecule has 2 atom stereocenters. The number of hydrogen-bond acceptors (Lipinski definition) is 4. The Morgan fingerprint density at radius 1 is 1.36 bits per heavy atom. The van der Waals surface area contributed by atoms with Gasteiger partial charge in [-0.1, -0.05) is 22.9 Å². The Morgan fingerprint density at radius 2 is 2.12 bits per heavy atom. The van der Waals surface area contributed by atoms with Crippen LogP contribution in [0.15, 0.2) is 33.5 Å². The first-order valence-corrected chi connectivity index (χ1v) is 10.2. The molecule has 6 heteroatoms. The highest BCUT2D eigenvalue weighted by Crippen LogP contribution is 2.36. The topological polar surface area (TPSA) is 57.8 Å². The lowest BCUT2D eigenvalue weighted by Crippen LogP contribution is -2.18. The molecule has 3 aromatic rings. The van der Waals surface area contributed by atoms with E-state index in [4.69, 9.17) is 4.98 Å². The van der Waals surface area contributed by atoms with Gasteiger partial charge >= 0.3 is 0 Å². The zero-order chi connectivity index (χ0) is 17.6. The highest BCUT2D eigenvalue weighted by atomic mass is 79.9. The number of aromatic amines is 1. The van der Waals surface area contributed by atoms with E-state index in [0.717, 1.165) is 39.6 Å². The van der Waals surface area contributed by atoms with E-state index in [1.54, 1.807) is 11.3 Å². The quantitative estimate of drug-likeness (QED) is 0.626. The van der Waals surface area contributed by atoms with Gasteiger partial charge in [0.2, 0.25) is 0 Å². The highest BCUT2D eigenvalue weighted by molar-refractivity contribution is 9.10. The molecule has 1 aliphatic rings. The van der Waals surface area contributed by atoms with E-state index < -0.39 is 0 Å². The standard InChI is InChI=1S/C19H20BrN3OS/c1-10-3-8-14-15(9-10)25-19-16(14)18(24)22-17(23-19)11(2)21-13-6-4-12(20)5-7-13/h4-7,10-11,21H,3,8-9H2,1-2H3,(H,22,23,24)/t10-,11-/m1/s1. The third-order valence-electron chi connectivity index (χ3n) is 4.82. The maximum atomic E-state index is 12.7. The van der Waals surface area contributed by atoms with Gasteiger partial charge in [-0.25, -0.2) is 4.98 Å². The molecule has 4 rings (SSSR count). The Bertz CT molecular complexity index is 977. The van der Waals surface area contributed by atoms with Crippen molar-refractivity contribution in [2.75, 3.05) is 5.32 Å². The van der Waals surface area contributed by atoms with Crippen molar-refractivity contribution in [2.24, 2.45) is 5.92 Å². The summed E-state index contributed by atoms with van der Waals surface area (Å²) in [4.78, 5) is 22.7. The van der Waals surface area contributed by atoms with Crippen molar-refractivity contribution in [1.29, 1.82) is 0 Å². The number of benzene rings is 1. The summed E-state index contributed by atoms with van der Waals surface area (Å²) in [7, 11) is 0. The molecule has 0 saturated carbocycles. The number of nitrogens with zero attached hydrogens (tertiary/aromatic N) is 1. The van der Waals surface area contributed by atoms with Crippen LogP contribution in [0.25, 0.3) is 10.2 Å². The van der Waals surface area contributed by atoms with Crippen LogP contribution in [0.1, 0.15) is 42.6 Å². The number of anilines is 1. The van der Waals surface area contributed by atoms with E-state index in [9.17, 15) is 4.79 Å². The van der Waals surface area contributed by atoms with Crippen LogP contribution in [0.4, 0.5) is 5.69 Å². The summed E-state index contributed by atoms with van der Waals surface area (Å²) < 4.78 is 1.04. The van der Waals surface area contributed by atoms with Crippen LogP contribution in [-0.2, 0) is 12.8 Å². The number of hydrogen-bond donors (Lipinski definition) is 2. The fourth-order valence-corrected chi connectivity index (χ4v) is 5.09. The van der Waals surface area contributed by atoms with Gasteiger partial charge in [-0.15, -0.1) is 11.3 Å². The Morgan fingerprint density at radius 3 is 2.88 bits per heavy atom. The van der Waals surface area contributed by atoms with Crippen molar-refractivity contribution < 1.29 is 0 Å². The Labute approximate surface area is 158 Å². The summed E-state index contributed by atoms with van der Waals surface area (Å²) in [5, 5.41) is 4.21. The number of H-pyrrole nitrogens is 1. The lowest BCUT2D eigenvalue weighted by atomic mass is 9.89. The van der Waals surface area contributed by atoms with E-state index in [2.05, 4.69) is 33.2 Å². The van der Waals surface area contributed by atoms with Gasteiger partial charge in [-0.3, -0.25) is 4.79 Å². The number of halogens is 1. The average molecular weight is 418 g/mol. The van der Waals surface area contributed by atoms with Crippen LogP contribution >= 0.6 is 27.3 Å². The van der Waals surface area contributed by atoms with Gasteiger partial charge in [0, 0.05) is 15.0 Å². The summed E-state index contributed by atoms with van der Waals surface area (Å²) in [6.45, 7) is 4.29. The first-order chi connectivity index (χ1) is 12.0. The zero-order valence-electron chi connectivity index (χ0n) is 14.2. The predicted octanol–water partition coefficient (Wildman–Crippen LogP) is 5.05. The lowest BCUT2D eigenvalue weighted by molar-refractivity contribution is 0.509. The monoisotopic (exact) mass is 417 g/mol. The molecule has 0 bridgehead atoms. The lowest BCUT2D eigenvalue weighted by Gasteiger charge is -2.17. The van der Waals surface area contributed by atoms with Crippen molar-refractivity contribution >= 4 is 43.2 Å². The minimum Gasteiger partial charge on any atom is -0.375 e. The van der Waals surface area contributed by atoms with Gasteiger partial charge in [0.25, 0.3) is 5.56 Å². The summed E-state index contributed by atoms with van der Waals surface area (Å²) in [6, 6.07) is 7.91. The Kier molecular flexibility index (Phi) is 4.41. The van der Waals surface area contributed by atoms with E-state index in [1.165, 1.54) is 10.4 Å². The van der Waals surface area contributed by atoms with Crippen molar-refractivity contribution in [3.05, 3.63) is 55.4 Å². The van der Waals surface area contributed by atoms with E-state index in [0.29, 0.717) is 11.7 Å². The van der Waals surface area contributed by atoms with Crippen molar-refractivity contribution in [3.8, 4) is 0 Å². The largest absolute Gasteiger partial charge is 0.375 e. The molecule has 2 N–H and O–H groups in total. The molecule has 0 amide bonds. The minimum absolute atomic E-state index is 0.00323. The Balaban J connectivity index is 1.68. The third-order valence-corrected chi connectivity index (χ3v) is 6.50. The summed E-state index contributed by atoms with van der Waals surface area (Å²) >= 11 is 5.13. The van der Waals surface area contributed by atoms with Crippen LogP contribution in [0.5, 0.6) is 0 Å². The first-order valence-electron chi connectivity index (χ1n) is 8.58. The van der Waals surface area contributed by atoms with Gasteiger partial charge in [0.15, 0.2) is 0 Å². The fraction of sp³-hybridized carbons (Fsp3) is 0.368. The summed E-state index contributed by atoms with van der Waals surface area (Å²) in [6.07, 6.45) is 3.21. The van der Waals surface area contributed by atoms with Crippen molar-refractivity contribution in [1.82, 2.24) is 9.97 Å². The molecule has 2 aromatic heterocycles. The van der Waals surface area contributed by atoms with Crippen LogP contribution < -0.4 is 10.9 Å². The molecule has 0 radical (unpaired) electrons. The van der Waals surface area contributed by atoms with E-state index in [-0.39, 0.29) is 11.6 Å². The molecule has 0 fully saturated rings. The SMILES string of the molecule is C[C@@H]1CCc2c(sc3nc([C@@H](C)Nc4ccc(Br)cc4)[nH]c(=O)c23)C1. The number of aryl methyl sites for hydroxylation is 1. The van der Waals surface area contributed by atoms with Gasteiger partial charge in [0.1, 0.15) is 10.7 Å². The molecule has 4 nitrogen and oxygen atoms in total. The molecule has 1 aromatic carbocycles. The normalized spacial score (nSPS) is 18.1. The predicted molar refractivity (Wildman–Crippen MR) is 108 cm³/mol.